The van der Waals surface area contributed by atoms with Crippen molar-refractivity contribution in [2.45, 2.75) is 73.8 Å². The zero-order chi connectivity index (χ0) is 54.7. The van der Waals surface area contributed by atoms with Gasteiger partial charge in [0.1, 0.15) is 61.4 Å². The number of ketones is 1. The number of piperidine rings is 1. The first-order valence-corrected chi connectivity index (χ1v) is 27.6. The molecule has 16 nitrogen and oxygen atoms in total. The minimum absolute atomic E-state index is 0.0549. The van der Waals surface area contributed by atoms with Crippen LogP contribution < -0.4 is 14.8 Å². The topological polar surface area (TPSA) is 191 Å². The van der Waals surface area contributed by atoms with Crippen LogP contribution in [0, 0.1) is 21.3 Å². The van der Waals surface area contributed by atoms with E-state index < -0.39 is 83.3 Å². The number of nitrogens with one attached hydrogen (secondary N) is 1. The molecule has 1 spiro atoms. The van der Waals surface area contributed by atoms with E-state index in [-0.39, 0.29) is 57.6 Å². The molecule has 5 aromatic carbocycles. The van der Waals surface area contributed by atoms with E-state index in [0.717, 1.165) is 34.1 Å². The molecule has 0 aliphatic carbocycles. The number of Topliss-reactive ketones (excluding diaryl/α,β-unsaturated/α-hetero) is 1. The summed E-state index contributed by atoms with van der Waals surface area (Å²) in [5, 5.41) is 12.5. The van der Waals surface area contributed by atoms with Crippen LogP contribution in [0.25, 0.3) is 0 Å². The first-order chi connectivity index (χ1) is 37.8. The molecule has 2 N–H and O–H groups in total. The molecule has 0 saturated carbocycles. The van der Waals surface area contributed by atoms with Crippen LogP contribution in [0.3, 0.4) is 0 Å². The molecule has 5 aromatic rings. The van der Waals surface area contributed by atoms with Gasteiger partial charge in [-0.2, -0.15) is 0 Å². The molecular formula is C61H63IN4O12. The number of carbonyl (C=O) groups is 6. The Morgan fingerprint density at radius 3 is 2.22 bits per heavy atom. The maximum atomic E-state index is 15.3. The molecule has 2 amide bonds. The molecule has 5 aliphatic rings. The van der Waals surface area contributed by atoms with Crippen molar-refractivity contribution in [1.29, 1.82) is 0 Å². The number of nitrogens with zero attached hydrogens (tertiary/aromatic N) is 3. The lowest BCUT2D eigenvalue weighted by atomic mass is 9.65. The molecule has 4 fully saturated rings. The summed E-state index contributed by atoms with van der Waals surface area (Å²) in [6, 6.07) is 34.3. The number of rotatable bonds is 20. The summed E-state index contributed by atoms with van der Waals surface area (Å²) in [7, 11) is 3.99. The van der Waals surface area contributed by atoms with E-state index >= 15 is 4.79 Å². The third-order valence-corrected chi connectivity index (χ3v) is 16.5. The predicted octanol–water partition coefficient (Wildman–Crippen LogP) is 7.86. The van der Waals surface area contributed by atoms with Crippen LogP contribution in [0.4, 0.5) is 5.69 Å². The molecule has 10 atom stereocenters. The Kier molecular flexibility index (Phi) is 16.5. The number of fused-ring (bicyclic) bond motifs is 4. The average Bonchev–Trinajstić information content (AvgIpc) is 2.61. The monoisotopic (exact) mass is 1170 g/mol. The van der Waals surface area contributed by atoms with Crippen molar-refractivity contribution in [2.24, 2.45) is 17.8 Å². The maximum absolute atomic E-state index is 15.3. The maximum Gasteiger partial charge on any atom is 0.325 e. The predicted molar refractivity (Wildman–Crippen MR) is 296 cm³/mol. The van der Waals surface area contributed by atoms with E-state index in [0.29, 0.717) is 40.3 Å². The van der Waals surface area contributed by atoms with Gasteiger partial charge in [0.15, 0.2) is 5.78 Å². The minimum Gasteiger partial charge on any atom is -0.491 e. The van der Waals surface area contributed by atoms with Crippen LogP contribution >= 0.6 is 22.6 Å². The van der Waals surface area contributed by atoms with E-state index in [9.17, 15) is 29.1 Å². The molecular weight excluding hydrogens is 1110 g/mol. The highest BCUT2D eigenvalue weighted by atomic mass is 127. The zero-order valence-corrected chi connectivity index (χ0v) is 45.7. The van der Waals surface area contributed by atoms with Crippen LogP contribution in [0.2, 0.25) is 0 Å². The Labute approximate surface area is 467 Å². The normalized spacial score (nSPS) is 26.2. The number of unbranched alkanes of at least 4 members (excludes halogenated alkanes) is 1. The summed E-state index contributed by atoms with van der Waals surface area (Å²) in [5.74, 6) is -4.56. The van der Waals surface area contributed by atoms with Crippen molar-refractivity contribution in [1.82, 2.24) is 14.7 Å². The fraction of sp³-hybridized carbons (Fsp3) is 0.377. The lowest BCUT2D eigenvalue weighted by Crippen LogP contribution is -2.52. The molecule has 0 radical (unpaired) electrons. The van der Waals surface area contributed by atoms with Gasteiger partial charge in [-0.15, -0.1) is 0 Å². The van der Waals surface area contributed by atoms with Crippen LogP contribution in [-0.4, -0.2) is 121 Å². The van der Waals surface area contributed by atoms with E-state index in [4.69, 9.17) is 23.7 Å². The number of cyclic esters (lactones) is 1. The van der Waals surface area contributed by atoms with E-state index in [1.54, 1.807) is 35.2 Å². The first kappa shape index (κ1) is 54.4. The molecule has 10 rings (SSSR count). The van der Waals surface area contributed by atoms with Gasteiger partial charge in [-0.25, -0.2) is 0 Å². The number of hydrogen-bond donors (Lipinski definition) is 2. The molecule has 0 bridgehead atoms. The molecule has 0 unspecified atom stereocenters. The summed E-state index contributed by atoms with van der Waals surface area (Å²) in [5.41, 5.74) is 2.11. The molecule has 5 aliphatic heterocycles. The largest absolute Gasteiger partial charge is 0.491 e. The van der Waals surface area contributed by atoms with Crippen LogP contribution in [-0.2, 0) is 48.4 Å². The second-order valence-electron chi connectivity index (χ2n) is 20.8. The van der Waals surface area contributed by atoms with Gasteiger partial charge in [0.25, 0.3) is 0 Å². The van der Waals surface area contributed by atoms with Crippen molar-refractivity contribution < 1.29 is 57.6 Å². The number of amides is 2. The van der Waals surface area contributed by atoms with E-state index in [1.807, 2.05) is 116 Å². The van der Waals surface area contributed by atoms with Crippen LogP contribution in [0.15, 0.2) is 140 Å². The molecule has 4 saturated heterocycles. The Hall–Kier alpha value is -6.93. The second-order valence-corrected chi connectivity index (χ2v) is 22.0. The van der Waals surface area contributed by atoms with Gasteiger partial charge < -0.3 is 43.9 Å². The van der Waals surface area contributed by atoms with Gasteiger partial charge in [-0.3, -0.25) is 33.7 Å². The number of carbonyl (C=O) groups excluding carboxylic acids is 6. The van der Waals surface area contributed by atoms with Crippen molar-refractivity contribution in [3.05, 3.63) is 171 Å². The van der Waals surface area contributed by atoms with Gasteiger partial charge in [-0.1, -0.05) is 104 Å². The summed E-state index contributed by atoms with van der Waals surface area (Å²) in [6.07, 6.45) is 3.06. The highest BCUT2D eigenvalue weighted by Crippen LogP contribution is 2.65. The highest BCUT2D eigenvalue weighted by Gasteiger charge is 2.74. The molecule has 406 valence electrons. The van der Waals surface area contributed by atoms with Gasteiger partial charge in [0, 0.05) is 21.6 Å². The fourth-order valence-corrected chi connectivity index (χ4v) is 13.1. The molecule has 5 heterocycles. The number of esters is 3. The van der Waals surface area contributed by atoms with Crippen LogP contribution in [0.1, 0.15) is 84.2 Å². The summed E-state index contributed by atoms with van der Waals surface area (Å²) in [4.78, 5) is 93.2. The van der Waals surface area contributed by atoms with Gasteiger partial charge >= 0.3 is 17.9 Å². The average molecular weight is 1170 g/mol. The Bertz CT molecular complexity index is 3050. The number of aliphatic hydroxyl groups excluding tert-OH is 1. The second kappa shape index (κ2) is 23.6. The Balaban J connectivity index is 0.939. The number of aliphatic hydroxyl groups is 1. The highest BCUT2D eigenvalue weighted by molar-refractivity contribution is 14.1. The number of benzene rings is 5. The standard InChI is InChI=1S/C61H63IN4O12/c1-4-29-76-58(71)50-53-59(72)78-54(38-16-9-6-10-17-38)52(37-14-7-5-8-15-37)66(53)55(61(50)46-35-42(62)23-26-47(46)63-60(61)73)39-21-24-43(25-22-39)75-31-32-77-57(70)45-36-48-49(68)34-41(18-11-12-27-64(2)3)56(69)65(48)51(45)40-19-13-20-44(33-40)74-30-28-67/h4-10,13-17,19-26,33,35,41,45,48,50-55,67H,1,11-12,18,27-32,34,36H2,2-3H3,(H,63,73)/t41-,45+,48+,50+,51+,52+,53+,54-,55-,61+/m1/s1. The summed E-state index contributed by atoms with van der Waals surface area (Å²) in [6.45, 7) is 4.12. The van der Waals surface area contributed by atoms with Gasteiger partial charge in [-0.05, 0) is 133 Å². The van der Waals surface area contributed by atoms with E-state index in [2.05, 4.69) is 39.4 Å². The third kappa shape index (κ3) is 10.3. The molecule has 17 heteroatoms. The number of morpholine rings is 1. The molecule has 0 aromatic heterocycles. The van der Waals surface area contributed by atoms with Crippen molar-refractivity contribution >= 4 is 63.8 Å². The van der Waals surface area contributed by atoms with Gasteiger partial charge in [0.05, 0.1) is 36.7 Å². The van der Waals surface area contributed by atoms with E-state index in [1.165, 1.54) is 6.08 Å². The van der Waals surface area contributed by atoms with Crippen LogP contribution in [0.5, 0.6) is 11.5 Å². The lowest BCUT2D eigenvalue weighted by Gasteiger charge is -2.46. The number of hydrogen-bond acceptors (Lipinski definition) is 14. The van der Waals surface area contributed by atoms with Crippen molar-refractivity contribution in [2.75, 3.05) is 59.0 Å². The van der Waals surface area contributed by atoms with Crippen molar-refractivity contribution in [3.8, 4) is 11.5 Å². The lowest BCUT2D eigenvalue weighted by molar-refractivity contribution is -0.180. The SMILES string of the molecule is C=CCOC(=O)[C@@H]1[C@H]2C(=O)O[C@H](c3ccccc3)[C@H](c3ccccc3)N2[C@H](c2ccc(OCCOC(=O)[C@H]3C[C@H]4C(=O)C[C@@H](CCCCN(C)C)C(=O)N4[C@H]3c3cccc(OCCO)c3)cc2)[C@@]12C(=O)Nc1ccc(I)cc12. The molecule has 78 heavy (non-hydrogen) atoms. The number of ether oxygens (including phenoxy) is 5. The first-order valence-electron chi connectivity index (χ1n) is 26.5. The fourth-order valence-electron chi connectivity index (χ4n) is 12.7. The Morgan fingerprint density at radius 2 is 1.50 bits per heavy atom. The Morgan fingerprint density at radius 1 is 0.782 bits per heavy atom. The minimum atomic E-state index is -1.71. The smallest absolute Gasteiger partial charge is 0.325 e. The number of halogens is 1. The van der Waals surface area contributed by atoms with Gasteiger partial charge in [0.2, 0.25) is 11.8 Å². The quantitative estimate of drug-likeness (QED) is 0.0252. The van der Waals surface area contributed by atoms with Crippen molar-refractivity contribution in [3.63, 3.8) is 0 Å². The summed E-state index contributed by atoms with van der Waals surface area (Å²) >= 11 is 2.19. The number of anilines is 1. The zero-order valence-electron chi connectivity index (χ0n) is 43.5. The summed E-state index contributed by atoms with van der Waals surface area (Å²) < 4.78 is 31.0. The third-order valence-electron chi connectivity index (χ3n) is 15.8.